The highest BCUT2D eigenvalue weighted by Gasteiger charge is 2.24. The average molecular weight is 323 g/mol. The summed E-state index contributed by atoms with van der Waals surface area (Å²) in [7, 11) is 0. The molecule has 5 heteroatoms. The number of anilines is 2. The molecule has 0 aliphatic carbocycles. The number of hydrogen-bond acceptors (Lipinski definition) is 3. The topological polar surface area (TPSA) is 38.5 Å². The Balaban J connectivity index is 1.65. The minimum Gasteiger partial charge on any atom is -0.487 e. The Hall–Kier alpha value is -1.58. The van der Waals surface area contributed by atoms with E-state index in [0.29, 0.717) is 16.5 Å². The summed E-state index contributed by atoms with van der Waals surface area (Å²) in [6.07, 6.45) is 1.09. The molecule has 1 saturated heterocycles. The van der Waals surface area contributed by atoms with Crippen LogP contribution in [0.4, 0.5) is 11.4 Å². The molecule has 0 amide bonds. The van der Waals surface area contributed by atoms with Crippen molar-refractivity contribution in [1.82, 2.24) is 0 Å². The van der Waals surface area contributed by atoms with E-state index < -0.39 is 0 Å². The van der Waals surface area contributed by atoms with Gasteiger partial charge in [-0.2, -0.15) is 0 Å². The van der Waals surface area contributed by atoms with E-state index in [0.717, 1.165) is 30.2 Å². The summed E-state index contributed by atoms with van der Waals surface area (Å²) >= 11 is 12.1. The Kier molecular flexibility index (Phi) is 4.13. The molecule has 1 aliphatic rings. The monoisotopic (exact) mass is 322 g/mol. The second-order valence-electron chi connectivity index (χ2n) is 5.14. The summed E-state index contributed by atoms with van der Waals surface area (Å²) in [5.74, 6) is 0.689. The highest BCUT2D eigenvalue weighted by atomic mass is 35.5. The molecule has 2 aromatic carbocycles. The van der Waals surface area contributed by atoms with Gasteiger partial charge in [-0.1, -0.05) is 23.2 Å². The summed E-state index contributed by atoms with van der Waals surface area (Å²) < 4.78 is 5.98. The third-order valence-corrected chi connectivity index (χ3v) is 4.13. The van der Waals surface area contributed by atoms with Crippen molar-refractivity contribution in [2.45, 2.75) is 12.5 Å². The van der Waals surface area contributed by atoms with Gasteiger partial charge in [-0.05, 0) is 42.5 Å². The fraction of sp³-hybridized carbons (Fsp3) is 0.250. The van der Waals surface area contributed by atoms with Gasteiger partial charge in [0.2, 0.25) is 0 Å². The van der Waals surface area contributed by atoms with Crippen LogP contribution in [0.25, 0.3) is 0 Å². The van der Waals surface area contributed by atoms with E-state index in [1.165, 1.54) is 0 Å². The third kappa shape index (κ3) is 3.36. The van der Waals surface area contributed by atoms with E-state index in [4.69, 9.17) is 33.7 Å². The van der Waals surface area contributed by atoms with Gasteiger partial charge in [-0.25, -0.2) is 0 Å². The molecule has 110 valence electrons. The molecule has 1 heterocycles. The maximum atomic E-state index is 6.15. The van der Waals surface area contributed by atoms with Crippen LogP contribution in [0.2, 0.25) is 10.0 Å². The van der Waals surface area contributed by atoms with E-state index in [9.17, 15) is 0 Å². The molecule has 0 bridgehead atoms. The first-order chi connectivity index (χ1) is 10.1. The van der Waals surface area contributed by atoms with Gasteiger partial charge in [-0.15, -0.1) is 0 Å². The van der Waals surface area contributed by atoms with Crippen molar-refractivity contribution in [2.24, 2.45) is 0 Å². The van der Waals surface area contributed by atoms with Crippen LogP contribution < -0.4 is 15.4 Å². The van der Waals surface area contributed by atoms with E-state index >= 15 is 0 Å². The van der Waals surface area contributed by atoms with E-state index in [1.807, 2.05) is 30.3 Å². The lowest BCUT2D eigenvalue weighted by Crippen LogP contribution is -2.24. The molecule has 21 heavy (non-hydrogen) atoms. The van der Waals surface area contributed by atoms with Crippen molar-refractivity contribution >= 4 is 34.6 Å². The number of nitrogens with two attached hydrogens (primary N) is 1. The van der Waals surface area contributed by atoms with Crippen LogP contribution in [0.5, 0.6) is 5.75 Å². The van der Waals surface area contributed by atoms with Crippen molar-refractivity contribution in [1.29, 1.82) is 0 Å². The van der Waals surface area contributed by atoms with Crippen LogP contribution >= 0.6 is 23.2 Å². The third-order valence-electron chi connectivity index (χ3n) is 3.59. The zero-order chi connectivity index (χ0) is 14.8. The lowest BCUT2D eigenvalue weighted by atomic mass is 10.3. The van der Waals surface area contributed by atoms with Crippen molar-refractivity contribution in [3.8, 4) is 5.75 Å². The summed E-state index contributed by atoms with van der Waals surface area (Å²) in [4.78, 5) is 2.28. The largest absolute Gasteiger partial charge is 0.487 e. The van der Waals surface area contributed by atoms with Crippen LogP contribution in [-0.2, 0) is 0 Å². The molecule has 1 atom stereocenters. The fourth-order valence-electron chi connectivity index (χ4n) is 2.50. The number of hydrogen-bond donors (Lipinski definition) is 1. The average Bonchev–Trinajstić information content (AvgIpc) is 2.91. The summed E-state index contributed by atoms with van der Waals surface area (Å²) in [6, 6.07) is 13.2. The first-order valence-corrected chi connectivity index (χ1v) is 7.59. The number of halogens is 2. The van der Waals surface area contributed by atoms with Crippen LogP contribution in [0.3, 0.4) is 0 Å². The maximum absolute atomic E-state index is 6.15. The SMILES string of the molecule is Nc1ccc(O[C@H]2CCN(c3ccc(Cl)cc3)C2)c(Cl)c1. The Labute approximate surface area is 134 Å². The molecular formula is C16H16Cl2N2O. The van der Waals surface area contributed by atoms with Crippen molar-refractivity contribution in [2.75, 3.05) is 23.7 Å². The highest BCUT2D eigenvalue weighted by molar-refractivity contribution is 6.32. The highest BCUT2D eigenvalue weighted by Crippen LogP contribution is 2.30. The Morgan fingerprint density at radius 2 is 1.86 bits per heavy atom. The lowest BCUT2D eigenvalue weighted by molar-refractivity contribution is 0.225. The van der Waals surface area contributed by atoms with Gasteiger partial charge in [-0.3, -0.25) is 0 Å². The first kappa shape index (κ1) is 14.4. The van der Waals surface area contributed by atoms with Gasteiger partial charge in [0.15, 0.2) is 0 Å². The standard InChI is InChI=1S/C16H16Cl2N2O/c17-11-1-4-13(5-2-11)20-8-7-14(10-20)21-16-6-3-12(19)9-15(16)18/h1-6,9,14H,7-8,10,19H2/t14-/m0/s1. The number of nitrogens with zero attached hydrogens (tertiary/aromatic N) is 1. The first-order valence-electron chi connectivity index (χ1n) is 6.84. The molecular weight excluding hydrogens is 307 g/mol. The number of nitrogen functional groups attached to an aromatic ring is 1. The minimum atomic E-state index is 0.127. The smallest absolute Gasteiger partial charge is 0.138 e. The van der Waals surface area contributed by atoms with Gasteiger partial charge < -0.3 is 15.4 Å². The van der Waals surface area contributed by atoms with Crippen LogP contribution in [0, 0.1) is 0 Å². The molecule has 0 aromatic heterocycles. The second kappa shape index (κ2) is 6.04. The van der Waals surface area contributed by atoms with Crippen molar-refractivity contribution in [3.63, 3.8) is 0 Å². The molecule has 3 rings (SSSR count). The number of benzene rings is 2. The van der Waals surface area contributed by atoms with Gasteiger partial charge in [0.1, 0.15) is 11.9 Å². The predicted molar refractivity (Wildman–Crippen MR) is 88.6 cm³/mol. The fourth-order valence-corrected chi connectivity index (χ4v) is 2.86. The number of rotatable bonds is 3. The molecule has 0 saturated carbocycles. The lowest BCUT2D eigenvalue weighted by Gasteiger charge is -2.19. The molecule has 1 aliphatic heterocycles. The molecule has 1 fully saturated rings. The van der Waals surface area contributed by atoms with Crippen LogP contribution in [0.1, 0.15) is 6.42 Å². The Bertz CT molecular complexity index is 631. The van der Waals surface area contributed by atoms with Crippen molar-refractivity contribution < 1.29 is 4.74 Å². The summed E-state index contributed by atoms with van der Waals surface area (Å²) in [5.41, 5.74) is 7.49. The normalized spacial score (nSPS) is 18.0. The Morgan fingerprint density at radius 3 is 2.57 bits per heavy atom. The second-order valence-corrected chi connectivity index (χ2v) is 5.98. The van der Waals surface area contributed by atoms with E-state index in [-0.39, 0.29) is 6.10 Å². The number of ether oxygens (including phenoxy) is 1. The van der Waals surface area contributed by atoms with Gasteiger partial charge in [0.05, 0.1) is 11.6 Å². The zero-order valence-electron chi connectivity index (χ0n) is 11.4. The van der Waals surface area contributed by atoms with Crippen LogP contribution in [-0.4, -0.2) is 19.2 Å². The van der Waals surface area contributed by atoms with Gasteiger partial charge in [0.25, 0.3) is 0 Å². The Morgan fingerprint density at radius 1 is 1.10 bits per heavy atom. The maximum Gasteiger partial charge on any atom is 0.138 e. The van der Waals surface area contributed by atoms with Gasteiger partial charge >= 0.3 is 0 Å². The summed E-state index contributed by atoms with van der Waals surface area (Å²) in [5, 5.41) is 1.30. The molecule has 3 nitrogen and oxygen atoms in total. The molecule has 0 spiro atoms. The molecule has 0 unspecified atom stereocenters. The molecule has 2 N–H and O–H groups in total. The molecule has 2 aromatic rings. The predicted octanol–water partition coefficient (Wildman–Crippen LogP) is 4.23. The molecule has 0 radical (unpaired) electrons. The quantitative estimate of drug-likeness (QED) is 0.859. The van der Waals surface area contributed by atoms with Crippen LogP contribution in [0.15, 0.2) is 42.5 Å². The van der Waals surface area contributed by atoms with E-state index in [2.05, 4.69) is 4.90 Å². The zero-order valence-corrected chi connectivity index (χ0v) is 12.9. The minimum absolute atomic E-state index is 0.127. The van der Waals surface area contributed by atoms with Gasteiger partial charge in [0, 0.05) is 29.4 Å². The summed E-state index contributed by atoms with van der Waals surface area (Å²) in [6.45, 7) is 1.79. The van der Waals surface area contributed by atoms with E-state index in [1.54, 1.807) is 12.1 Å². The van der Waals surface area contributed by atoms with Crippen molar-refractivity contribution in [3.05, 3.63) is 52.5 Å².